The Bertz CT molecular complexity index is 354. The molecule has 0 amide bonds. The van der Waals surface area contributed by atoms with Crippen molar-refractivity contribution in [3.63, 3.8) is 0 Å². The maximum atomic E-state index is 12.5. The molecule has 4 nitrogen and oxygen atoms in total. The monoisotopic (exact) mass is 270 g/mol. The van der Waals surface area contributed by atoms with Gasteiger partial charge in [0.1, 0.15) is 0 Å². The smallest absolute Gasteiger partial charge is 0.347 e. The van der Waals surface area contributed by atoms with Crippen molar-refractivity contribution in [3.8, 4) is 0 Å². The number of esters is 2. The molecule has 1 saturated heterocycles. The van der Waals surface area contributed by atoms with Crippen molar-refractivity contribution in [3.05, 3.63) is 0 Å². The van der Waals surface area contributed by atoms with E-state index in [0.717, 1.165) is 6.42 Å². The number of carbonyl (C=O) groups excluding carboxylic acids is 2. The molecule has 1 fully saturated rings. The van der Waals surface area contributed by atoms with E-state index < -0.39 is 17.5 Å². The molecule has 0 aromatic rings. The minimum Gasteiger partial charge on any atom is -0.463 e. The van der Waals surface area contributed by atoms with Gasteiger partial charge in [-0.1, -0.05) is 34.6 Å². The highest BCUT2D eigenvalue weighted by atomic mass is 16.6. The van der Waals surface area contributed by atoms with Crippen LogP contribution in [0.4, 0.5) is 0 Å². The lowest BCUT2D eigenvalue weighted by Gasteiger charge is -2.37. The molecule has 19 heavy (non-hydrogen) atoms. The molecule has 0 radical (unpaired) electrons. The Morgan fingerprint density at radius 1 is 1.37 bits per heavy atom. The van der Waals surface area contributed by atoms with Gasteiger partial charge in [-0.15, -0.1) is 0 Å². The van der Waals surface area contributed by atoms with Crippen LogP contribution in [0.2, 0.25) is 0 Å². The summed E-state index contributed by atoms with van der Waals surface area (Å²) < 4.78 is 10.2. The molecule has 2 atom stereocenters. The van der Waals surface area contributed by atoms with Crippen molar-refractivity contribution in [2.45, 2.75) is 60.5 Å². The lowest BCUT2D eigenvalue weighted by molar-refractivity contribution is -0.171. The molecule has 0 aromatic carbocycles. The largest absolute Gasteiger partial charge is 0.463 e. The average molecular weight is 270 g/mol. The van der Waals surface area contributed by atoms with Crippen LogP contribution >= 0.6 is 0 Å². The van der Waals surface area contributed by atoms with Gasteiger partial charge in [-0.05, 0) is 24.7 Å². The van der Waals surface area contributed by atoms with Gasteiger partial charge in [0.2, 0.25) is 6.10 Å². The molecule has 4 heteroatoms. The lowest BCUT2D eigenvalue weighted by Crippen LogP contribution is -2.40. The molecule has 2 unspecified atom stereocenters. The molecule has 0 N–H and O–H groups in total. The SMILES string of the molecule is CC(C)C(C)(CC(C)(C)C)C(=O)OC1CCOC1=O. The first-order chi connectivity index (χ1) is 8.56. The van der Waals surface area contributed by atoms with E-state index in [-0.39, 0.29) is 17.3 Å². The van der Waals surface area contributed by atoms with Crippen LogP contribution in [0, 0.1) is 16.7 Å². The molecule has 0 bridgehead atoms. The second-order valence-electron chi connectivity index (χ2n) is 7.16. The lowest BCUT2D eigenvalue weighted by atomic mass is 9.69. The van der Waals surface area contributed by atoms with E-state index in [1.165, 1.54) is 0 Å². The first-order valence-corrected chi connectivity index (χ1v) is 6.94. The zero-order valence-electron chi connectivity index (χ0n) is 12.9. The van der Waals surface area contributed by atoms with Crippen LogP contribution in [0.3, 0.4) is 0 Å². The normalized spacial score (nSPS) is 23.1. The minimum absolute atomic E-state index is 0.0220. The molecule has 1 rings (SSSR count). The van der Waals surface area contributed by atoms with Crippen LogP contribution in [0.15, 0.2) is 0 Å². The quantitative estimate of drug-likeness (QED) is 0.737. The third-order valence-electron chi connectivity index (χ3n) is 3.77. The predicted molar refractivity (Wildman–Crippen MR) is 72.5 cm³/mol. The van der Waals surface area contributed by atoms with Crippen LogP contribution in [-0.2, 0) is 19.1 Å². The van der Waals surface area contributed by atoms with E-state index in [4.69, 9.17) is 9.47 Å². The van der Waals surface area contributed by atoms with E-state index in [1.54, 1.807) is 0 Å². The van der Waals surface area contributed by atoms with Crippen molar-refractivity contribution >= 4 is 11.9 Å². The number of hydrogen-bond acceptors (Lipinski definition) is 4. The predicted octanol–water partition coefficient (Wildman–Crippen LogP) is 2.94. The van der Waals surface area contributed by atoms with Gasteiger partial charge in [-0.25, -0.2) is 4.79 Å². The van der Waals surface area contributed by atoms with E-state index in [2.05, 4.69) is 20.8 Å². The van der Waals surface area contributed by atoms with Crippen LogP contribution < -0.4 is 0 Å². The van der Waals surface area contributed by atoms with Crippen molar-refractivity contribution in [1.29, 1.82) is 0 Å². The van der Waals surface area contributed by atoms with Gasteiger partial charge in [0, 0.05) is 6.42 Å². The Balaban J connectivity index is 2.81. The third-order valence-corrected chi connectivity index (χ3v) is 3.77. The van der Waals surface area contributed by atoms with Crippen LogP contribution in [-0.4, -0.2) is 24.6 Å². The van der Waals surface area contributed by atoms with Gasteiger partial charge in [-0.3, -0.25) is 4.79 Å². The van der Waals surface area contributed by atoms with Crippen molar-refractivity contribution < 1.29 is 19.1 Å². The average Bonchev–Trinajstić information content (AvgIpc) is 2.61. The summed E-state index contributed by atoms with van der Waals surface area (Å²) in [6, 6.07) is 0. The summed E-state index contributed by atoms with van der Waals surface area (Å²) >= 11 is 0. The highest BCUT2D eigenvalue weighted by Gasteiger charge is 2.43. The Hall–Kier alpha value is -1.06. The fourth-order valence-electron chi connectivity index (χ4n) is 2.46. The Labute approximate surface area is 115 Å². The van der Waals surface area contributed by atoms with E-state index >= 15 is 0 Å². The summed E-state index contributed by atoms with van der Waals surface area (Å²) in [5.41, 5.74) is -0.560. The number of carbonyl (C=O) groups is 2. The standard InChI is InChI=1S/C15H26O4/c1-10(2)15(6,9-14(3,4)5)13(17)19-11-7-8-18-12(11)16/h10-11H,7-9H2,1-6H3. The van der Waals surface area contributed by atoms with E-state index in [9.17, 15) is 9.59 Å². The minimum atomic E-state index is -0.717. The molecule has 110 valence electrons. The number of ether oxygens (including phenoxy) is 2. The summed E-state index contributed by atoms with van der Waals surface area (Å²) in [4.78, 5) is 23.8. The Morgan fingerprint density at radius 3 is 2.32 bits per heavy atom. The van der Waals surface area contributed by atoms with Gasteiger partial charge in [0.25, 0.3) is 0 Å². The Morgan fingerprint density at radius 2 is 1.95 bits per heavy atom. The zero-order valence-corrected chi connectivity index (χ0v) is 12.9. The van der Waals surface area contributed by atoms with Crippen molar-refractivity contribution in [2.24, 2.45) is 16.7 Å². The topological polar surface area (TPSA) is 52.6 Å². The first kappa shape index (κ1) is 16.0. The maximum Gasteiger partial charge on any atom is 0.347 e. The summed E-state index contributed by atoms with van der Waals surface area (Å²) in [5.74, 6) is -0.562. The van der Waals surface area contributed by atoms with Gasteiger partial charge in [0.05, 0.1) is 12.0 Å². The number of rotatable bonds is 4. The summed E-state index contributed by atoms with van der Waals surface area (Å²) in [5, 5.41) is 0. The second kappa shape index (κ2) is 5.51. The summed E-state index contributed by atoms with van der Waals surface area (Å²) in [6.07, 6.45) is 0.470. The molecular weight excluding hydrogens is 244 g/mol. The molecule has 0 saturated carbocycles. The van der Waals surface area contributed by atoms with Crippen LogP contribution in [0.25, 0.3) is 0 Å². The fourth-order valence-corrected chi connectivity index (χ4v) is 2.46. The first-order valence-electron chi connectivity index (χ1n) is 6.94. The zero-order chi connectivity index (χ0) is 14.8. The molecule has 0 aromatic heterocycles. The molecule has 0 spiro atoms. The molecule has 1 heterocycles. The van der Waals surface area contributed by atoms with Crippen molar-refractivity contribution in [2.75, 3.05) is 6.61 Å². The Kier molecular flexibility index (Phi) is 4.64. The van der Waals surface area contributed by atoms with Crippen LogP contribution in [0.1, 0.15) is 54.4 Å². The van der Waals surface area contributed by atoms with Gasteiger partial charge >= 0.3 is 11.9 Å². The van der Waals surface area contributed by atoms with Crippen LogP contribution in [0.5, 0.6) is 0 Å². The van der Waals surface area contributed by atoms with Gasteiger partial charge in [0.15, 0.2) is 0 Å². The van der Waals surface area contributed by atoms with E-state index in [1.807, 2.05) is 20.8 Å². The van der Waals surface area contributed by atoms with Gasteiger partial charge in [-0.2, -0.15) is 0 Å². The fraction of sp³-hybridized carbons (Fsp3) is 0.867. The summed E-state index contributed by atoms with van der Waals surface area (Å²) in [7, 11) is 0. The number of cyclic esters (lactones) is 1. The van der Waals surface area contributed by atoms with E-state index in [0.29, 0.717) is 13.0 Å². The molecular formula is C15H26O4. The molecule has 1 aliphatic heterocycles. The van der Waals surface area contributed by atoms with Gasteiger partial charge < -0.3 is 9.47 Å². The van der Waals surface area contributed by atoms with Crippen molar-refractivity contribution in [1.82, 2.24) is 0 Å². The highest BCUT2D eigenvalue weighted by Crippen LogP contribution is 2.40. The summed E-state index contributed by atoms with van der Waals surface area (Å²) in [6.45, 7) is 12.6. The molecule has 0 aliphatic carbocycles. The third kappa shape index (κ3) is 3.95. The maximum absolute atomic E-state index is 12.5. The number of hydrogen-bond donors (Lipinski definition) is 0. The highest BCUT2D eigenvalue weighted by molar-refractivity contribution is 5.83. The molecule has 1 aliphatic rings. The second-order valence-corrected chi connectivity index (χ2v) is 7.16.